The van der Waals surface area contributed by atoms with E-state index in [1.165, 1.54) is 0 Å². The first-order chi connectivity index (χ1) is 15.9. The normalized spacial score (nSPS) is 51.9. The molecule has 0 amide bonds. The van der Waals surface area contributed by atoms with Gasteiger partial charge in [0.25, 0.3) is 0 Å². The van der Waals surface area contributed by atoms with E-state index < -0.39 is 104 Å². The van der Waals surface area contributed by atoms with Crippen LogP contribution in [0.25, 0.3) is 0 Å². The molecular formula is C19H38N4O11. The second-order valence-corrected chi connectivity index (χ2v) is 9.34. The Morgan fingerprint density at radius 3 is 1.91 bits per heavy atom. The summed E-state index contributed by atoms with van der Waals surface area (Å²) in [5, 5.41) is 71.0. The van der Waals surface area contributed by atoms with Crippen LogP contribution in [0, 0.1) is 0 Å². The van der Waals surface area contributed by atoms with Crippen molar-refractivity contribution in [3.63, 3.8) is 0 Å². The summed E-state index contributed by atoms with van der Waals surface area (Å²) in [4.78, 5) is 0. The van der Waals surface area contributed by atoms with E-state index in [0.29, 0.717) is 0 Å². The summed E-state index contributed by atoms with van der Waals surface area (Å²) in [5.74, 6) is 0. The predicted octanol–water partition coefficient (Wildman–Crippen LogP) is -6.90. The molecule has 0 aromatic rings. The van der Waals surface area contributed by atoms with Crippen molar-refractivity contribution in [2.24, 2.45) is 22.9 Å². The molecule has 1 aliphatic carbocycles. The van der Waals surface area contributed by atoms with Crippen LogP contribution in [0.3, 0.4) is 0 Å². The van der Waals surface area contributed by atoms with E-state index in [0.717, 1.165) is 0 Å². The van der Waals surface area contributed by atoms with Crippen LogP contribution >= 0.6 is 0 Å². The van der Waals surface area contributed by atoms with Crippen LogP contribution in [0.1, 0.15) is 13.3 Å². The van der Waals surface area contributed by atoms with Gasteiger partial charge in [-0.1, -0.05) is 0 Å². The lowest BCUT2D eigenvalue weighted by Crippen LogP contribution is -2.68. The number of ether oxygens (including phenoxy) is 4. The van der Waals surface area contributed by atoms with Crippen molar-refractivity contribution < 1.29 is 54.7 Å². The third-order valence-corrected chi connectivity index (χ3v) is 6.68. The lowest BCUT2D eigenvalue weighted by atomic mass is 9.84. The van der Waals surface area contributed by atoms with Crippen LogP contribution in [-0.4, -0.2) is 140 Å². The minimum atomic E-state index is -1.61. The Morgan fingerprint density at radius 1 is 0.794 bits per heavy atom. The molecule has 0 spiro atoms. The molecule has 1 saturated carbocycles. The van der Waals surface area contributed by atoms with Gasteiger partial charge in [-0.25, -0.2) is 0 Å². The Morgan fingerprint density at radius 2 is 1.35 bits per heavy atom. The summed E-state index contributed by atoms with van der Waals surface area (Å²) in [6, 6.07) is -3.60. The van der Waals surface area contributed by atoms with E-state index in [1.54, 1.807) is 6.92 Å². The van der Waals surface area contributed by atoms with Gasteiger partial charge in [0.05, 0.1) is 18.8 Å². The van der Waals surface area contributed by atoms with Gasteiger partial charge in [-0.15, -0.1) is 0 Å². The molecular weight excluding hydrogens is 460 g/mol. The molecule has 200 valence electrons. The Labute approximate surface area is 196 Å². The smallest absolute Gasteiger partial charge is 0.187 e. The summed E-state index contributed by atoms with van der Waals surface area (Å²) in [5.41, 5.74) is 23.9. The minimum Gasteiger partial charge on any atom is -0.394 e. The van der Waals surface area contributed by atoms with E-state index in [1.807, 2.05) is 0 Å². The van der Waals surface area contributed by atoms with Crippen LogP contribution in [0.5, 0.6) is 0 Å². The summed E-state index contributed by atoms with van der Waals surface area (Å²) < 4.78 is 22.7. The summed E-state index contributed by atoms with van der Waals surface area (Å²) >= 11 is 0. The highest BCUT2D eigenvalue weighted by molar-refractivity contribution is 5.02. The molecule has 0 bridgehead atoms. The number of aliphatic hydroxyl groups is 7. The fourth-order valence-corrected chi connectivity index (χ4v) is 4.59. The molecule has 15 heteroatoms. The zero-order chi connectivity index (χ0) is 25.5. The summed E-state index contributed by atoms with van der Waals surface area (Å²) in [6.07, 6.45) is -16.5. The first kappa shape index (κ1) is 28.0. The highest BCUT2D eigenvalue weighted by Gasteiger charge is 2.53. The first-order valence-electron chi connectivity index (χ1n) is 11.2. The van der Waals surface area contributed by atoms with Crippen molar-refractivity contribution in [1.29, 1.82) is 0 Å². The van der Waals surface area contributed by atoms with E-state index in [2.05, 4.69) is 0 Å². The number of rotatable bonds is 7. The number of hydrogen-bond donors (Lipinski definition) is 11. The maximum Gasteiger partial charge on any atom is 0.187 e. The highest BCUT2D eigenvalue weighted by Crippen LogP contribution is 2.32. The van der Waals surface area contributed by atoms with Crippen molar-refractivity contribution in [2.75, 3.05) is 6.61 Å². The zero-order valence-corrected chi connectivity index (χ0v) is 18.7. The van der Waals surface area contributed by atoms with Crippen molar-refractivity contribution in [2.45, 2.75) is 111 Å². The van der Waals surface area contributed by atoms with Crippen molar-refractivity contribution >= 4 is 0 Å². The highest BCUT2D eigenvalue weighted by atomic mass is 16.7. The lowest BCUT2D eigenvalue weighted by molar-refractivity contribution is -0.317. The molecule has 3 aliphatic rings. The fraction of sp³-hybridized carbons (Fsp3) is 1.00. The van der Waals surface area contributed by atoms with Gasteiger partial charge >= 0.3 is 0 Å². The number of nitrogens with two attached hydrogens (primary N) is 4. The van der Waals surface area contributed by atoms with Gasteiger partial charge < -0.3 is 77.6 Å². The second kappa shape index (κ2) is 11.2. The SMILES string of the molecule is C[C@H](N)[C@H]1O[C@@H](O[C@H]2[C@H](O)[C@@H](N)C[C@@H](N)[C@@H]2O[C@H]2O[C@H]([C@H](O)CO)[C@@H](O)[C@H](O)[C@H]2N)[C@H](O)[C@@H]1O. The molecule has 3 fully saturated rings. The number of hydrogen-bond acceptors (Lipinski definition) is 15. The van der Waals surface area contributed by atoms with Gasteiger partial charge in [-0.05, 0) is 13.3 Å². The molecule has 0 unspecified atom stereocenters. The lowest BCUT2D eigenvalue weighted by Gasteiger charge is -2.47. The largest absolute Gasteiger partial charge is 0.394 e. The monoisotopic (exact) mass is 498 g/mol. The predicted molar refractivity (Wildman–Crippen MR) is 112 cm³/mol. The van der Waals surface area contributed by atoms with E-state index in [4.69, 9.17) is 41.9 Å². The molecule has 3 rings (SSSR count). The van der Waals surface area contributed by atoms with Crippen LogP contribution < -0.4 is 22.9 Å². The van der Waals surface area contributed by atoms with Crippen LogP contribution in [-0.2, 0) is 18.9 Å². The molecule has 0 aromatic carbocycles. The Hall–Kier alpha value is -0.600. The summed E-state index contributed by atoms with van der Waals surface area (Å²) in [7, 11) is 0. The fourth-order valence-electron chi connectivity index (χ4n) is 4.59. The molecule has 2 saturated heterocycles. The number of aliphatic hydroxyl groups excluding tert-OH is 7. The van der Waals surface area contributed by atoms with Crippen molar-refractivity contribution in [3.8, 4) is 0 Å². The van der Waals surface area contributed by atoms with Crippen LogP contribution in [0.15, 0.2) is 0 Å². The molecule has 15 N–H and O–H groups in total. The topological polar surface area (TPSA) is 283 Å². The van der Waals surface area contributed by atoms with Gasteiger partial charge in [0, 0.05) is 18.1 Å². The second-order valence-electron chi connectivity index (χ2n) is 9.34. The zero-order valence-electron chi connectivity index (χ0n) is 18.7. The Kier molecular flexibility index (Phi) is 9.22. The van der Waals surface area contributed by atoms with Crippen molar-refractivity contribution in [3.05, 3.63) is 0 Å². The van der Waals surface area contributed by atoms with Gasteiger partial charge in [-0.3, -0.25) is 0 Å². The van der Waals surface area contributed by atoms with Gasteiger partial charge in [-0.2, -0.15) is 0 Å². The molecule has 34 heavy (non-hydrogen) atoms. The Bertz CT molecular complexity index is 666. The summed E-state index contributed by atoms with van der Waals surface area (Å²) in [6.45, 7) is 0.813. The molecule has 15 nitrogen and oxygen atoms in total. The van der Waals surface area contributed by atoms with E-state index in [9.17, 15) is 35.7 Å². The molecule has 2 heterocycles. The molecule has 16 atom stereocenters. The third kappa shape index (κ3) is 5.39. The molecule has 0 aromatic heterocycles. The minimum absolute atomic E-state index is 0.0979. The third-order valence-electron chi connectivity index (χ3n) is 6.68. The van der Waals surface area contributed by atoms with Crippen LogP contribution in [0.4, 0.5) is 0 Å². The Balaban J connectivity index is 1.80. The maximum atomic E-state index is 10.7. The molecule has 2 aliphatic heterocycles. The van der Waals surface area contributed by atoms with Gasteiger partial charge in [0.1, 0.15) is 54.9 Å². The van der Waals surface area contributed by atoms with E-state index >= 15 is 0 Å². The standard InChI is InChI=1S/C19H38N4O11/c1-4(20)14-12(29)13(30)19(31-14)34-17-9(26)5(21)2-6(22)15(17)32-18-8(23)10(27)11(28)16(33-18)7(25)3-24/h4-19,24-30H,2-3,20-23H2,1H3/t4-,5-,6+,7+,8+,9+,10+,11-,12-,13+,14+,15-,16+,17-,18-,19-/m0/s1. The van der Waals surface area contributed by atoms with Gasteiger partial charge in [0.15, 0.2) is 12.6 Å². The quantitative estimate of drug-likeness (QED) is 0.155. The maximum absolute atomic E-state index is 10.7. The van der Waals surface area contributed by atoms with Crippen LogP contribution in [0.2, 0.25) is 0 Å². The average Bonchev–Trinajstić information content (AvgIpc) is 3.07. The average molecular weight is 499 g/mol. The first-order valence-corrected chi connectivity index (χ1v) is 11.2. The molecule has 0 radical (unpaired) electrons. The van der Waals surface area contributed by atoms with E-state index in [-0.39, 0.29) is 6.42 Å². The van der Waals surface area contributed by atoms with Crippen molar-refractivity contribution in [1.82, 2.24) is 0 Å². The van der Waals surface area contributed by atoms with Gasteiger partial charge in [0.2, 0.25) is 0 Å².